The quantitative estimate of drug-likeness (QED) is 0.500. The van der Waals surface area contributed by atoms with Crippen LogP contribution in [0.4, 0.5) is 13.2 Å². The van der Waals surface area contributed by atoms with E-state index in [-0.39, 0.29) is 11.8 Å². The number of ether oxygens (including phenoxy) is 2. The lowest BCUT2D eigenvalue weighted by atomic mass is 10.1. The third-order valence-corrected chi connectivity index (χ3v) is 6.54. The topological polar surface area (TPSA) is 89.5 Å². The van der Waals surface area contributed by atoms with Gasteiger partial charge in [-0.25, -0.2) is 4.98 Å². The van der Waals surface area contributed by atoms with Gasteiger partial charge in [-0.3, -0.25) is 4.79 Å². The number of nitrogens with zero attached hydrogens (tertiary/aromatic N) is 4. The predicted octanol–water partition coefficient (Wildman–Crippen LogP) is 4.13. The van der Waals surface area contributed by atoms with Crippen LogP contribution in [0.5, 0.6) is 5.75 Å². The third kappa shape index (κ3) is 6.56. The molecule has 1 aliphatic rings. The molecule has 36 heavy (non-hydrogen) atoms. The van der Waals surface area contributed by atoms with Crippen molar-refractivity contribution in [2.45, 2.75) is 32.2 Å². The fourth-order valence-corrected chi connectivity index (χ4v) is 4.41. The first-order valence-electron chi connectivity index (χ1n) is 11.3. The van der Waals surface area contributed by atoms with Gasteiger partial charge in [0.2, 0.25) is 0 Å². The van der Waals surface area contributed by atoms with E-state index in [2.05, 4.69) is 25.4 Å². The van der Waals surface area contributed by atoms with Gasteiger partial charge in [-0.05, 0) is 51.2 Å². The number of likely N-dealkylation sites (N-methyl/N-ethyl adjacent to an activating group) is 1. The highest BCUT2D eigenvalue weighted by molar-refractivity contribution is 7.14. The number of aromatic nitrogens is 3. The second-order valence-corrected chi connectivity index (χ2v) is 9.86. The van der Waals surface area contributed by atoms with Gasteiger partial charge < -0.3 is 19.7 Å². The van der Waals surface area contributed by atoms with Crippen molar-refractivity contribution in [3.8, 4) is 16.3 Å². The molecule has 12 heteroatoms. The third-order valence-electron chi connectivity index (χ3n) is 5.58. The number of benzene rings is 1. The average Bonchev–Trinajstić information content (AvgIpc) is 3.28. The molecule has 3 heterocycles. The molecule has 3 aromatic rings. The normalized spacial score (nSPS) is 17.6. The van der Waals surface area contributed by atoms with E-state index in [1.807, 2.05) is 20.0 Å². The van der Waals surface area contributed by atoms with Gasteiger partial charge in [0.1, 0.15) is 23.5 Å². The fourth-order valence-electron chi connectivity index (χ4n) is 3.66. The lowest BCUT2D eigenvalue weighted by Crippen LogP contribution is -2.42. The number of alkyl halides is 3. The maximum Gasteiger partial charge on any atom is 0.435 e. The van der Waals surface area contributed by atoms with Crippen molar-refractivity contribution in [1.82, 2.24) is 25.4 Å². The zero-order chi connectivity index (χ0) is 25.9. The highest BCUT2D eigenvalue weighted by Crippen LogP contribution is 2.30. The number of hydrogen-bond acceptors (Lipinski definition) is 8. The molecule has 2 atom stereocenters. The van der Waals surface area contributed by atoms with Crippen LogP contribution in [-0.4, -0.2) is 65.4 Å². The Hall–Kier alpha value is -3.09. The van der Waals surface area contributed by atoms with E-state index in [0.717, 1.165) is 34.6 Å². The number of carbonyl (C=O) groups is 1. The number of rotatable bonds is 7. The lowest BCUT2D eigenvalue weighted by molar-refractivity contribution is -0.141. The van der Waals surface area contributed by atoms with Gasteiger partial charge in [-0.2, -0.15) is 18.3 Å². The lowest BCUT2D eigenvalue weighted by Gasteiger charge is -2.29. The first kappa shape index (κ1) is 26.0. The summed E-state index contributed by atoms with van der Waals surface area (Å²) >= 11 is 1.49. The Balaban J connectivity index is 1.52. The van der Waals surface area contributed by atoms with E-state index >= 15 is 0 Å². The van der Waals surface area contributed by atoms with Crippen LogP contribution in [0.25, 0.3) is 10.6 Å². The number of morpholine rings is 1. The van der Waals surface area contributed by atoms with Crippen molar-refractivity contribution < 1.29 is 27.4 Å². The number of thiazole rings is 1. The second kappa shape index (κ2) is 10.9. The van der Waals surface area contributed by atoms with E-state index in [4.69, 9.17) is 9.47 Å². The Kier molecular flexibility index (Phi) is 7.86. The molecule has 0 unspecified atom stereocenters. The Morgan fingerprint density at radius 3 is 2.75 bits per heavy atom. The minimum atomic E-state index is -4.58. The molecular weight excluding hydrogens is 495 g/mol. The Morgan fingerprint density at radius 1 is 1.31 bits per heavy atom. The van der Waals surface area contributed by atoms with Gasteiger partial charge in [-0.1, -0.05) is 0 Å². The van der Waals surface area contributed by atoms with Crippen LogP contribution in [-0.2, 0) is 10.9 Å². The van der Waals surface area contributed by atoms with Crippen molar-refractivity contribution in [3.05, 3.63) is 58.4 Å². The zero-order valence-electron chi connectivity index (χ0n) is 20.0. The molecule has 1 saturated heterocycles. The number of nitrogens with one attached hydrogen (secondary N) is 1. The highest BCUT2D eigenvalue weighted by Gasteiger charge is 2.33. The minimum Gasteiger partial charge on any atom is -0.491 e. The largest absolute Gasteiger partial charge is 0.491 e. The summed E-state index contributed by atoms with van der Waals surface area (Å²) in [5.74, 6) is 0.0575. The molecule has 1 aromatic carbocycles. The summed E-state index contributed by atoms with van der Waals surface area (Å²) in [5, 5.41) is 10.4. The van der Waals surface area contributed by atoms with Gasteiger partial charge in [0.15, 0.2) is 5.69 Å². The number of aryl methyl sites for hydroxylation is 1. The summed E-state index contributed by atoms with van der Waals surface area (Å²) in [6.45, 7) is 6.12. The standard InChI is InChI=1S/C24H26F3N5O3S/c1-14-11-28-23(36-14)17-8-16(9-18(10-17)35-13-19-12-32(3)6-7-34-19)22(33)29-15(2)20-4-5-21(31-30-20)24(25,26)27/h4-5,8-11,15,19H,6-7,12-13H2,1-3H3,(H,29,33)/t15-,19+/m0/s1. The molecule has 0 spiro atoms. The summed E-state index contributed by atoms with van der Waals surface area (Å²) in [4.78, 5) is 20.7. The van der Waals surface area contributed by atoms with Crippen LogP contribution in [0.1, 0.15) is 39.6 Å². The van der Waals surface area contributed by atoms with Crippen LogP contribution in [0.3, 0.4) is 0 Å². The van der Waals surface area contributed by atoms with Crippen LogP contribution in [0.15, 0.2) is 36.5 Å². The second-order valence-electron chi connectivity index (χ2n) is 8.62. The summed E-state index contributed by atoms with van der Waals surface area (Å²) in [7, 11) is 2.02. The number of halogens is 3. The van der Waals surface area contributed by atoms with E-state index in [0.29, 0.717) is 24.5 Å². The molecular formula is C24H26F3N5O3S. The minimum absolute atomic E-state index is 0.0925. The average molecular weight is 522 g/mol. The number of amides is 1. The van der Waals surface area contributed by atoms with Crippen molar-refractivity contribution in [2.24, 2.45) is 0 Å². The molecule has 0 aliphatic carbocycles. The van der Waals surface area contributed by atoms with Crippen LogP contribution >= 0.6 is 11.3 Å². The van der Waals surface area contributed by atoms with Gasteiger partial charge in [0.25, 0.3) is 5.91 Å². The number of hydrogen-bond donors (Lipinski definition) is 1. The van der Waals surface area contributed by atoms with Crippen LogP contribution < -0.4 is 10.1 Å². The van der Waals surface area contributed by atoms with Gasteiger partial charge in [0, 0.05) is 35.3 Å². The molecule has 192 valence electrons. The molecule has 8 nitrogen and oxygen atoms in total. The first-order chi connectivity index (χ1) is 17.1. The van der Waals surface area contributed by atoms with Gasteiger partial charge >= 0.3 is 6.18 Å². The number of carbonyl (C=O) groups excluding carboxylic acids is 1. The molecule has 0 saturated carbocycles. The fraction of sp³-hybridized carbons (Fsp3) is 0.417. The Morgan fingerprint density at radius 2 is 2.11 bits per heavy atom. The van der Waals surface area contributed by atoms with Crippen molar-refractivity contribution in [2.75, 3.05) is 33.4 Å². The predicted molar refractivity (Wildman–Crippen MR) is 128 cm³/mol. The summed E-state index contributed by atoms with van der Waals surface area (Å²) in [6, 6.07) is 6.52. The highest BCUT2D eigenvalue weighted by atomic mass is 32.1. The van der Waals surface area contributed by atoms with Crippen molar-refractivity contribution >= 4 is 17.2 Å². The molecule has 0 radical (unpaired) electrons. The molecule has 2 aromatic heterocycles. The smallest absolute Gasteiger partial charge is 0.435 e. The van der Waals surface area contributed by atoms with E-state index in [1.54, 1.807) is 25.3 Å². The van der Waals surface area contributed by atoms with Gasteiger partial charge in [-0.15, -0.1) is 16.4 Å². The summed E-state index contributed by atoms with van der Waals surface area (Å²) in [5.41, 5.74) is 0.160. The molecule has 1 N–H and O–H groups in total. The first-order valence-corrected chi connectivity index (χ1v) is 12.1. The maximum atomic E-state index is 13.1. The Labute approximate surface area is 210 Å². The van der Waals surface area contributed by atoms with E-state index < -0.39 is 23.8 Å². The van der Waals surface area contributed by atoms with Crippen molar-refractivity contribution in [1.29, 1.82) is 0 Å². The van der Waals surface area contributed by atoms with Crippen molar-refractivity contribution in [3.63, 3.8) is 0 Å². The molecule has 1 aliphatic heterocycles. The van der Waals surface area contributed by atoms with E-state index in [1.165, 1.54) is 17.4 Å². The molecule has 1 fully saturated rings. The summed E-state index contributed by atoms with van der Waals surface area (Å²) < 4.78 is 50.1. The maximum absolute atomic E-state index is 13.1. The van der Waals surface area contributed by atoms with Gasteiger partial charge in [0.05, 0.1) is 18.3 Å². The summed E-state index contributed by atoms with van der Waals surface area (Å²) in [6.07, 6.45) is -2.92. The molecule has 0 bridgehead atoms. The SMILES string of the molecule is Cc1cnc(-c2cc(OC[C@H]3CN(C)CCO3)cc(C(=O)N[C@@H](C)c3ccc(C(F)(F)F)nn3)c2)s1. The molecule has 4 rings (SSSR count). The van der Waals surface area contributed by atoms with Crippen LogP contribution in [0, 0.1) is 6.92 Å². The zero-order valence-corrected chi connectivity index (χ0v) is 20.8. The monoisotopic (exact) mass is 521 g/mol. The van der Waals surface area contributed by atoms with Crippen LogP contribution in [0.2, 0.25) is 0 Å². The Bertz CT molecular complexity index is 1200. The molecule has 1 amide bonds. The van der Waals surface area contributed by atoms with E-state index in [9.17, 15) is 18.0 Å².